The van der Waals surface area contributed by atoms with Crippen molar-refractivity contribution in [2.45, 2.75) is 18.7 Å². The van der Waals surface area contributed by atoms with Crippen LogP contribution in [0, 0.1) is 19.7 Å². The molecular formula is C15H13Br2F. The predicted octanol–water partition coefficient (Wildman–Crippen LogP) is 5.69. The maximum absolute atomic E-state index is 13.3. The monoisotopic (exact) mass is 370 g/mol. The summed E-state index contributed by atoms with van der Waals surface area (Å²) in [7, 11) is 0. The molecule has 0 fully saturated rings. The minimum Gasteiger partial charge on any atom is -0.207 e. The van der Waals surface area contributed by atoms with Crippen LogP contribution in [-0.2, 0) is 0 Å². The van der Waals surface area contributed by atoms with Gasteiger partial charge in [-0.15, -0.1) is 0 Å². The van der Waals surface area contributed by atoms with Crippen LogP contribution >= 0.6 is 31.9 Å². The summed E-state index contributed by atoms with van der Waals surface area (Å²) < 4.78 is 14.4. The minimum absolute atomic E-state index is 0.0636. The van der Waals surface area contributed by atoms with Crippen molar-refractivity contribution in [1.29, 1.82) is 0 Å². The van der Waals surface area contributed by atoms with Gasteiger partial charge >= 0.3 is 0 Å². The molecule has 0 nitrogen and oxygen atoms in total. The summed E-state index contributed by atoms with van der Waals surface area (Å²) in [5, 5.41) is 0. The van der Waals surface area contributed by atoms with E-state index in [-0.39, 0.29) is 10.6 Å². The van der Waals surface area contributed by atoms with Crippen LogP contribution in [0.25, 0.3) is 0 Å². The van der Waals surface area contributed by atoms with E-state index in [1.165, 1.54) is 0 Å². The standard InChI is InChI=1S/C15H13Br2F/c1-9-7-11(18)8-10(2)14(9)15(17)12-5-3-4-6-13(12)16/h3-8,15H,1-2H3. The summed E-state index contributed by atoms with van der Waals surface area (Å²) in [5.74, 6) is -0.180. The molecule has 0 N–H and O–H groups in total. The van der Waals surface area contributed by atoms with Crippen LogP contribution in [0.4, 0.5) is 4.39 Å². The van der Waals surface area contributed by atoms with Crippen molar-refractivity contribution in [2.75, 3.05) is 0 Å². The Kier molecular flexibility index (Phi) is 4.23. The summed E-state index contributed by atoms with van der Waals surface area (Å²) >= 11 is 7.27. The lowest BCUT2D eigenvalue weighted by atomic mass is 9.96. The first kappa shape index (κ1) is 13.8. The molecule has 0 spiro atoms. The minimum atomic E-state index is -0.180. The van der Waals surface area contributed by atoms with Gasteiger partial charge in [-0.3, -0.25) is 0 Å². The van der Waals surface area contributed by atoms with E-state index in [4.69, 9.17) is 0 Å². The van der Waals surface area contributed by atoms with Gasteiger partial charge in [-0.2, -0.15) is 0 Å². The van der Waals surface area contributed by atoms with E-state index in [1.807, 2.05) is 32.0 Å². The molecule has 2 rings (SSSR count). The van der Waals surface area contributed by atoms with E-state index in [2.05, 4.69) is 37.9 Å². The lowest BCUT2D eigenvalue weighted by molar-refractivity contribution is 0.624. The fraction of sp³-hybridized carbons (Fsp3) is 0.200. The van der Waals surface area contributed by atoms with Crippen LogP contribution < -0.4 is 0 Å². The first-order valence-corrected chi connectivity index (χ1v) is 7.36. The van der Waals surface area contributed by atoms with Crippen LogP contribution in [0.1, 0.15) is 27.1 Å². The van der Waals surface area contributed by atoms with E-state index in [0.29, 0.717) is 0 Å². The lowest BCUT2D eigenvalue weighted by Crippen LogP contribution is -2.01. The summed E-state index contributed by atoms with van der Waals surface area (Å²) in [4.78, 5) is 0.0636. The summed E-state index contributed by atoms with van der Waals surface area (Å²) in [6.45, 7) is 3.88. The van der Waals surface area contributed by atoms with Crippen LogP contribution in [0.15, 0.2) is 40.9 Å². The third-order valence-electron chi connectivity index (χ3n) is 2.99. The SMILES string of the molecule is Cc1cc(F)cc(C)c1C(Br)c1ccccc1Br. The maximum Gasteiger partial charge on any atom is 0.123 e. The number of hydrogen-bond acceptors (Lipinski definition) is 0. The highest BCUT2D eigenvalue weighted by atomic mass is 79.9. The third-order valence-corrected chi connectivity index (χ3v) is 4.66. The average molecular weight is 372 g/mol. The second-order valence-electron chi connectivity index (χ2n) is 4.34. The fourth-order valence-corrected chi connectivity index (χ4v) is 4.10. The Morgan fingerprint density at radius 3 is 2.17 bits per heavy atom. The van der Waals surface area contributed by atoms with Gasteiger partial charge in [0, 0.05) is 4.47 Å². The number of rotatable bonds is 2. The van der Waals surface area contributed by atoms with Gasteiger partial charge in [-0.1, -0.05) is 50.1 Å². The first-order valence-electron chi connectivity index (χ1n) is 5.66. The zero-order chi connectivity index (χ0) is 13.3. The number of alkyl halides is 1. The quantitative estimate of drug-likeness (QED) is 0.595. The Balaban J connectivity index is 2.53. The van der Waals surface area contributed by atoms with E-state index >= 15 is 0 Å². The van der Waals surface area contributed by atoms with Gasteiger partial charge in [0.05, 0.1) is 4.83 Å². The molecule has 0 aliphatic heterocycles. The maximum atomic E-state index is 13.3. The molecule has 2 aromatic carbocycles. The molecule has 94 valence electrons. The molecule has 0 aliphatic rings. The molecule has 0 saturated heterocycles. The largest absolute Gasteiger partial charge is 0.207 e. The van der Waals surface area contributed by atoms with Crippen molar-refractivity contribution in [2.24, 2.45) is 0 Å². The van der Waals surface area contributed by atoms with Crippen molar-refractivity contribution in [3.05, 3.63) is 68.9 Å². The van der Waals surface area contributed by atoms with Crippen molar-refractivity contribution in [3.63, 3.8) is 0 Å². The zero-order valence-corrected chi connectivity index (χ0v) is 13.3. The molecule has 3 heteroatoms. The van der Waals surface area contributed by atoms with Crippen LogP contribution in [0.5, 0.6) is 0 Å². The van der Waals surface area contributed by atoms with E-state index < -0.39 is 0 Å². The van der Waals surface area contributed by atoms with Crippen LogP contribution in [-0.4, -0.2) is 0 Å². The Bertz CT molecular complexity index is 555. The summed E-state index contributed by atoms with van der Waals surface area (Å²) in [6, 6.07) is 11.2. The van der Waals surface area contributed by atoms with Gasteiger partial charge in [-0.25, -0.2) is 4.39 Å². The highest BCUT2D eigenvalue weighted by molar-refractivity contribution is 9.11. The molecule has 1 atom stereocenters. The Hall–Kier alpha value is -0.670. The van der Waals surface area contributed by atoms with Crippen LogP contribution in [0.3, 0.4) is 0 Å². The van der Waals surface area contributed by atoms with E-state index in [0.717, 1.165) is 26.7 Å². The van der Waals surface area contributed by atoms with Crippen molar-refractivity contribution < 1.29 is 4.39 Å². The van der Waals surface area contributed by atoms with Gasteiger partial charge in [0.15, 0.2) is 0 Å². The van der Waals surface area contributed by atoms with E-state index in [9.17, 15) is 4.39 Å². The molecule has 0 bridgehead atoms. The first-order chi connectivity index (χ1) is 8.50. The van der Waals surface area contributed by atoms with Crippen molar-refractivity contribution in [1.82, 2.24) is 0 Å². The Morgan fingerprint density at radius 2 is 1.61 bits per heavy atom. The molecule has 0 heterocycles. The van der Waals surface area contributed by atoms with Crippen LogP contribution in [0.2, 0.25) is 0 Å². The number of aryl methyl sites for hydroxylation is 2. The predicted molar refractivity (Wildman–Crippen MR) is 80.8 cm³/mol. The summed E-state index contributed by atoms with van der Waals surface area (Å²) in [6.07, 6.45) is 0. The van der Waals surface area contributed by atoms with Crippen molar-refractivity contribution in [3.8, 4) is 0 Å². The molecule has 0 amide bonds. The number of hydrogen-bond donors (Lipinski definition) is 0. The van der Waals surface area contributed by atoms with Gasteiger partial charge in [0.2, 0.25) is 0 Å². The van der Waals surface area contributed by atoms with Gasteiger partial charge in [0.25, 0.3) is 0 Å². The molecule has 1 unspecified atom stereocenters. The third kappa shape index (κ3) is 2.67. The molecular weight excluding hydrogens is 359 g/mol. The van der Waals surface area contributed by atoms with Gasteiger partial charge in [-0.05, 0) is 54.3 Å². The van der Waals surface area contributed by atoms with Crippen molar-refractivity contribution >= 4 is 31.9 Å². The smallest absolute Gasteiger partial charge is 0.123 e. The molecule has 0 aliphatic carbocycles. The highest BCUT2D eigenvalue weighted by Crippen LogP contribution is 2.38. The number of benzene rings is 2. The lowest BCUT2D eigenvalue weighted by Gasteiger charge is -2.18. The molecule has 0 saturated carbocycles. The zero-order valence-electron chi connectivity index (χ0n) is 10.2. The second-order valence-corrected chi connectivity index (χ2v) is 6.11. The topological polar surface area (TPSA) is 0 Å². The molecule has 0 aromatic heterocycles. The molecule has 0 radical (unpaired) electrons. The Morgan fingerprint density at radius 1 is 1.06 bits per heavy atom. The molecule has 2 aromatic rings. The van der Waals surface area contributed by atoms with Gasteiger partial charge in [0.1, 0.15) is 5.82 Å². The normalized spacial score (nSPS) is 12.5. The fourth-order valence-electron chi connectivity index (χ4n) is 2.16. The van der Waals surface area contributed by atoms with E-state index in [1.54, 1.807) is 12.1 Å². The van der Waals surface area contributed by atoms with Gasteiger partial charge < -0.3 is 0 Å². The second kappa shape index (κ2) is 5.54. The number of halogens is 3. The highest BCUT2D eigenvalue weighted by Gasteiger charge is 2.18. The molecule has 18 heavy (non-hydrogen) atoms. The summed E-state index contributed by atoms with van der Waals surface area (Å²) in [5.41, 5.74) is 4.20. The Labute approximate surface area is 123 Å². The average Bonchev–Trinajstić information content (AvgIpc) is 2.27.